The Hall–Kier alpha value is -2.19. The number of allylic oxidation sites excluding steroid dienone is 8. The second kappa shape index (κ2) is 46.3. The van der Waals surface area contributed by atoms with Crippen LogP contribution in [-0.2, 0) is 32.7 Å². The average molecular weight is 1030 g/mol. The molecule has 71 heavy (non-hydrogen) atoms. The standard InChI is InChI=1S/C57H103O13P/c1-3-5-7-9-11-13-15-17-19-21-23-25-27-29-31-33-35-37-39-41-43-45-50(58)67-47-49(48-68-71(65,66)70-57-55(63)53(61)52(60)54(62)56(57)64)69-51(59)46-44-42-40-38-36-34-32-30-28-26-24-22-20-18-16-14-12-10-8-6-4-2/h15-18,21-24,49,52-57,60-64H,3-14,19-20,25-48H2,1-2H3,(H,65,66)/b17-15-,18-16-,23-21-,24-22-. The van der Waals surface area contributed by atoms with Gasteiger partial charge in [-0.25, -0.2) is 4.57 Å². The minimum atomic E-state index is -5.13. The number of hydrogen-bond donors (Lipinski definition) is 6. The van der Waals surface area contributed by atoms with Crippen molar-refractivity contribution in [2.45, 2.75) is 288 Å². The summed E-state index contributed by atoms with van der Waals surface area (Å²) in [5, 5.41) is 50.4. The van der Waals surface area contributed by atoms with Gasteiger partial charge in [-0.2, -0.15) is 0 Å². The number of aliphatic hydroxyl groups is 5. The summed E-state index contributed by atoms with van der Waals surface area (Å²) in [6.45, 7) is 3.31. The Balaban J connectivity index is 2.35. The first kappa shape index (κ1) is 66.8. The van der Waals surface area contributed by atoms with Gasteiger partial charge < -0.3 is 39.9 Å². The molecule has 6 N–H and O–H groups in total. The predicted octanol–water partition coefficient (Wildman–Crippen LogP) is 13.1. The fourth-order valence-corrected chi connectivity index (χ4v) is 9.56. The molecule has 0 bridgehead atoms. The lowest BCUT2D eigenvalue weighted by Gasteiger charge is -2.41. The van der Waals surface area contributed by atoms with Gasteiger partial charge in [0.05, 0.1) is 6.61 Å². The first-order valence-corrected chi connectivity index (χ1v) is 29.9. The highest BCUT2D eigenvalue weighted by atomic mass is 31.2. The van der Waals surface area contributed by atoms with E-state index in [1.165, 1.54) is 128 Å². The number of aliphatic hydroxyl groups excluding tert-OH is 5. The normalized spacial score (nSPS) is 21.0. The number of carbonyl (C=O) groups excluding carboxylic acids is 2. The second-order valence-corrected chi connectivity index (χ2v) is 21.2. The molecule has 0 spiro atoms. The smallest absolute Gasteiger partial charge is 0.462 e. The van der Waals surface area contributed by atoms with Gasteiger partial charge in [-0.1, -0.05) is 204 Å². The second-order valence-electron chi connectivity index (χ2n) is 19.8. The van der Waals surface area contributed by atoms with Gasteiger partial charge in [0.2, 0.25) is 0 Å². The molecule has 14 heteroatoms. The van der Waals surface area contributed by atoms with Gasteiger partial charge in [0.1, 0.15) is 43.2 Å². The minimum Gasteiger partial charge on any atom is -0.462 e. The molecule has 0 heterocycles. The molecule has 0 aromatic heterocycles. The van der Waals surface area contributed by atoms with Crippen molar-refractivity contribution in [2.24, 2.45) is 0 Å². The third kappa shape index (κ3) is 38.1. The zero-order valence-electron chi connectivity index (χ0n) is 44.5. The van der Waals surface area contributed by atoms with E-state index in [0.29, 0.717) is 12.8 Å². The van der Waals surface area contributed by atoms with E-state index in [0.717, 1.165) is 77.0 Å². The lowest BCUT2D eigenvalue weighted by molar-refractivity contribution is -0.220. The van der Waals surface area contributed by atoms with Crippen molar-refractivity contribution in [2.75, 3.05) is 13.2 Å². The van der Waals surface area contributed by atoms with Crippen LogP contribution in [0.3, 0.4) is 0 Å². The average Bonchev–Trinajstić information content (AvgIpc) is 3.35. The van der Waals surface area contributed by atoms with Gasteiger partial charge in [-0.3, -0.25) is 18.6 Å². The monoisotopic (exact) mass is 1030 g/mol. The largest absolute Gasteiger partial charge is 0.472 e. The molecule has 6 atom stereocenters. The van der Waals surface area contributed by atoms with Crippen molar-refractivity contribution < 1.29 is 63.1 Å². The van der Waals surface area contributed by atoms with Crippen LogP contribution < -0.4 is 0 Å². The SMILES string of the molecule is CCCCCCC/C=C\C/C=C\CCCCCCCCCCCC(=O)OCC(COP(=O)(O)OC1C(O)C(O)C(O)C(O)C1O)OC(=O)CCCCCCCCCCC/C=C\C/C=C\CCCCCCC. The predicted molar refractivity (Wildman–Crippen MR) is 286 cm³/mol. The van der Waals surface area contributed by atoms with Gasteiger partial charge in [0, 0.05) is 12.8 Å². The molecule has 0 radical (unpaired) electrons. The Bertz CT molecular complexity index is 1420. The first-order chi connectivity index (χ1) is 34.4. The van der Waals surface area contributed by atoms with E-state index in [-0.39, 0.29) is 12.8 Å². The van der Waals surface area contributed by atoms with Crippen molar-refractivity contribution in [3.05, 3.63) is 48.6 Å². The summed E-state index contributed by atoms with van der Waals surface area (Å²) < 4.78 is 33.7. The molecule has 0 saturated heterocycles. The molecule has 0 aromatic rings. The lowest BCUT2D eigenvalue weighted by atomic mass is 9.85. The molecule has 1 saturated carbocycles. The Morgan fingerprint density at radius 3 is 1.14 bits per heavy atom. The maximum Gasteiger partial charge on any atom is 0.472 e. The maximum absolute atomic E-state index is 12.9. The number of carbonyl (C=O) groups is 2. The van der Waals surface area contributed by atoms with Gasteiger partial charge in [-0.15, -0.1) is 0 Å². The topological polar surface area (TPSA) is 210 Å². The van der Waals surface area contributed by atoms with Crippen LogP contribution >= 0.6 is 7.82 Å². The van der Waals surface area contributed by atoms with Crippen molar-refractivity contribution in [3.63, 3.8) is 0 Å². The van der Waals surface area contributed by atoms with Gasteiger partial charge in [0.15, 0.2) is 6.10 Å². The van der Waals surface area contributed by atoms with E-state index in [1.54, 1.807) is 0 Å². The molecule has 1 aliphatic rings. The van der Waals surface area contributed by atoms with Crippen LogP contribution in [0.15, 0.2) is 48.6 Å². The third-order valence-corrected chi connectivity index (χ3v) is 14.1. The summed E-state index contributed by atoms with van der Waals surface area (Å²) in [5.41, 5.74) is 0. The molecule has 0 aliphatic heterocycles. The number of unbranched alkanes of at least 4 members (excludes halogenated alkanes) is 28. The summed E-state index contributed by atoms with van der Waals surface area (Å²) in [4.78, 5) is 36.0. The van der Waals surface area contributed by atoms with Crippen molar-refractivity contribution in [3.8, 4) is 0 Å². The zero-order chi connectivity index (χ0) is 52.1. The number of phosphoric acid groups is 1. The molecule has 13 nitrogen and oxygen atoms in total. The molecule has 0 aromatic carbocycles. The number of phosphoric ester groups is 1. The summed E-state index contributed by atoms with van der Waals surface area (Å²) in [6.07, 6.45) is 44.3. The summed E-state index contributed by atoms with van der Waals surface area (Å²) in [5.74, 6) is -1.10. The molecular formula is C57H103O13P. The van der Waals surface area contributed by atoms with Gasteiger partial charge >= 0.3 is 19.8 Å². The van der Waals surface area contributed by atoms with Crippen LogP contribution in [0.4, 0.5) is 0 Å². The Labute approximate surface area is 431 Å². The van der Waals surface area contributed by atoms with Gasteiger partial charge in [0.25, 0.3) is 0 Å². The molecule has 1 aliphatic carbocycles. The highest BCUT2D eigenvalue weighted by molar-refractivity contribution is 7.47. The Morgan fingerprint density at radius 2 is 0.761 bits per heavy atom. The van der Waals surface area contributed by atoms with E-state index in [1.807, 2.05) is 0 Å². The number of ether oxygens (including phenoxy) is 2. The van der Waals surface area contributed by atoms with Gasteiger partial charge in [-0.05, 0) is 77.0 Å². The van der Waals surface area contributed by atoms with Crippen molar-refractivity contribution >= 4 is 19.8 Å². The van der Waals surface area contributed by atoms with Crippen molar-refractivity contribution in [1.29, 1.82) is 0 Å². The fourth-order valence-electron chi connectivity index (χ4n) is 8.58. The third-order valence-electron chi connectivity index (χ3n) is 13.1. The van der Waals surface area contributed by atoms with Crippen LogP contribution in [-0.4, -0.2) is 98.3 Å². The van der Waals surface area contributed by atoms with E-state index < -0.39 is 75.7 Å². The summed E-state index contributed by atoms with van der Waals surface area (Å²) in [6, 6.07) is 0. The van der Waals surface area contributed by atoms with Crippen LogP contribution in [0.5, 0.6) is 0 Å². The van der Waals surface area contributed by atoms with Crippen LogP contribution in [0.1, 0.15) is 245 Å². The van der Waals surface area contributed by atoms with Crippen LogP contribution in [0, 0.1) is 0 Å². The maximum atomic E-state index is 12.9. The number of esters is 2. The number of rotatable bonds is 48. The lowest BCUT2D eigenvalue weighted by Crippen LogP contribution is -2.64. The Kier molecular flexibility index (Phi) is 43.6. The highest BCUT2D eigenvalue weighted by Gasteiger charge is 2.51. The molecular weight excluding hydrogens is 924 g/mol. The zero-order valence-corrected chi connectivity index (χ0v) is 45.4. The summed E-state index contributed by atoms with van der Waals surface area (Å²) >= 11 is 0. The quantitative estimate of drug-likeness (QED) is 0.0145. The molecule has 1 fully saturated rings. The van der Waals surface area contributed by atoms with Crippen molar-refractivity contribution in [1.82, 2.24) is 0 Å². The first-order valence-electron chi connectivity index (χ1n) is 28.4. The minimum absolute atomic E-state index is 0.0907. The van der Waals surface area contributed by atoms with E-state index >= 15 is 0 Å². The fraction of sp³-hybridized carbons (Fsp3) is 0.825. The van der Waals surface area contributed by atoms with Crippen LogP contribution in [0.2, 0.25) is 0 Å². The molecule has 414 valence electrons. The summed E-state index contributed by atoms with van der Waals surface area (Å²) in [7, 11) is -5.13. The molecule has 0 amide bonds. The Morgan fingerprint density at radius 1 is 0.437 bits per heavy atom. The van der Waals surface area contributed by atoms with E-state index in [9.17, 15) is 44.6 Å². The van der Waals surface area contributed by atoms with E-state index in [4.69, 9.17) is 18.5 Å². The highest BCUT2D eigenvalue weighted by Crippen LogP contribution is 2.47. The number of hydrogen-bond acceptors (Lipinski definition) is 12. The van der Waals surface area contributed by atoms with Crippen LogP contribution in [0.25, 0.3) is 0 Å². The molecule has 6 unspecified atom stereocenters. The molecule has 1 rings (SSSR count). The van der Waals surface area contributed by atoms with E-state index in [2.05, 4.69) is 62.5 Å².